The number of carbonyl (C=O) groups excluding carboxylic acids is 4. The Morgan fingerprint density at radius 1 is 0.800 bits per heavy atom. The molecule has 170 valence electrons. The van der Waals surface area contributed by atoms with Gasteiger partial charge in [0.1, 0.15) is 12.1 Å². The van der Waals surface area contributed by atoms with Crippen LogP contribution in [0.15, 0.2) is 0 Å². The van der Waals surface area contributed by atoms with Crippen LogP contribution in [-0.2, 0) is 28.8 Å². The lowest BCUT2D eigenvalue weighted by molar-refractivity contribution is -0.142. The summed E-state index contributed by atoms with van der Waals surface area (Å²) in [5.41, 5.74) is 0. The molecule has 0 heterocycles. The van der Waals surface area contributed by atoms with Crippen molar-refractivity contribution in [2.75, 3.05) is 0 Å². The van der Waals surface area contributed by atoms with E-state index < -0.39 is 62.0 Å². The number of hydrogen-bond acceptors (Lipinski definition) is 8. The zero-order valence-electron chi connectivity index (χ0n) is 17.7. The zero-order valence-corrected chi connectivity index (χ0v) is 19.4. The predicted octanol–water partition coefficient (Wildman–Crippen LogP) is 1.02. The second-order valence-electron chi connectivity index (χ2n) is 7.50. The number of carboxylic acid groups (broad SMARTS) is 2. The Labute approximate surface area is 183 Å². The van der Waals surface area contributed by atoms with Gasteiger partial charge < -0.3 is 20.8 Å². The highest BCUT2D eigenvalue weighted by atomic mass is 32.2. The number of carboxylic acids is 2. The van der Waals surface area contributed by atoms with Crippen molar-refractivity contribution >= 4 is 57.5 Å². The van der Waals surface area contributed by atoms with E-state index in [1.54, 1.807) is 6.92 Å². The van der Waals surface area contributed by atoms with Crippen molar-refractivity contribution in [1.82, 2.24) is 10.6 Å². The molecule has 0 rings (SSSR count). The van der Waals surface area contributed by atoms with Gasteiger partial charge in [0.2, 0.25) is 11.8 Å². The highest BCUT2D eigenvalue weighted by Gasteiger charge is 2.41. The van der Waals surface area contributed by atoms with Gasteiger partial charge >= 0.3 is 11.9 Å². The van der Waals surface area contributed by atoms with Crippen LogP contribution in [0.5, 0.6) is 0 Å². The molecule has 0 aromatic heterocycles. The lowest BCUT2D eigenvalue weighted by Gasteiger charge is -2.31. The molecule has 0 spiro atoms. The van der Waals surface area contributed by atoms with Gasteiger partial charge in [-0.1, -0.05) is 30.4 Å². The Morgan fingerprint density at radius 2 is 1.17 bits per heavy atom. The summed E-state index contributed by atoms with van der Waals surface area (Å²) in [6, 6.07) is -2.71. The molecule has 12 heteroatoms. The Kier molecular flexibility index (Phi) is 10.6. The lowest BCUT2D eigenvalue weighted by Crippen LogP contribution is -2.53. The van der Waals surface area contributed by atoms with E-state index in [0.717, 1.165) is 6.92 Å². The third-order valence-corrected chi connectivity index (χ3v) is 6.17. The lowest BCUT2D eigenvalue weighted by atomic mass is 10.0. The highest BCUT2D eigenvalue weighted by Crippen LogP contribution is 2.34. The number of rotatable bonds is 11. The summed E-state index contributed by atoms with van der Waals surface area (Å²) in [4.78, 5) is 70.5. The van der Waals surface area contributed by atoms with Crippen LogP contribution in [0, 0.1) is 0 Å². The molecule has 0 bridgehead atoms. The minimum Gasteiger partial charge on any atom is -0.480 e. The summed E-state index contributed by atoms with van der Waals surface area (Å²) >= 11 is 1.22. The van der Waals surface area contributed by atoms with Crippen LogP contribution in [-0.4, -0.2) is 65.8 Å². The maximum Gasteiger partial charge on any atom is 0.327 e. The van der Waals surface area contributed by atoms with Gasteiger partial charge in [0.25, 0.3) is 0 Å². The van der Waals surface area contributed by atoms with Gasteiger partial charge in [0.05, 0.1) is 6.42 Å². The molecule has 0 aliphatic rings. The van der Waals surface area contributed by atoms with Crippen LogP contribution >= 0.6 is 23.5 Å². The quantitative estimate of drug-likeness (QED) is 0.324. The molecule has 0 saturated heterocycles. The molecule has 30 heavy (non-hydrogen) atoms. The van der Waals surface area contributed by atoms with E-state index in [9.17, 15) is 39.0 Å². The largest absolute Gasteiger partial charge is 0.480 e. The molecular formula is C18H28N2O8S2. The van der Waals surface area contributed by atoms with Crippen LogP contribution < -0.4 is 10.6 Å². The van der Waals surface area contributed by atoms with Crippen molar-refractivity contribution < 1.29 is 39.0 Å². The molecule has 0 aromatic rings. The molecule has 0 fully saturated rings. The van der Waals surface area contributed by atoms with Crippen molar-refractivity contribution in [3.8, 4) is 0 Å². The van der Waals surface area contributed by atoms with Crippen LogP contribution in [0.4, 0.5) is 0 Å². The number of thioether (sulfide) groups is 2. The number of amides is 2. The van der Waals surface area contributed by atoms with Crippen molar-refractivity contribution in [3.05, 3.63) is 0 Å². The summed E-state index contributed by atoms with van der Waals surface area (Å²) in [5.74, 6) is -3.71. The van der Waals surface area contributed by atoms with Crippen molar-refractivity contribution in [1.29, 1.82) is 0 Å². The number of carbonyl (C=O) groups is 6. The Balaban J connectivity index is 5.17. The third-order valence-electron chi connectivity index (χ3n) is 3.90. The van der Waals surface area contributed by atoms with Crippen LogP contribution in [0.25, 0.3) is 0 Å². The van der Waals surface area contributed by atoms with Gasteiger partial charge in [-0.05, 0) is 27.7 Å². The molecular weight excluding hydrogens is 436 g/mol. The molecule has 0 radical (unpaired) electrons. The summed E-state index contributed by atoms with van der Waals surface area (Å²) in [5, 5.41) is 22.0. The van der Waals surface area contributed by atoms with Crippen molar-refractivity contribution in [2.24, 2.45) is 0 Å². The molecule has 10 nitrogen and oxygen atoms in total. The average molecular weight is 465 g/mol. The Bertz CT molecular complexity index is 721. The standard InChI is InChI=1S/C18H28N2O8S2/c1-7-10(22)20-14(16(27)28)18(5,6)30-12(24)8-11(23)29-17(3,4)13(15(25)26)19-9(2)21/h13-14H,7-8H2,1-6H3,(H,19,21)(H,20,22)(H,25,26)(H,27,28). The van der Waals surface area contributed by atoms with Crippen LogP contribution in [0.3, 0.4) is 0 Å². The van der Waals surface area contributed by atoms with E-state index in [4.69, 9.17) is 0 Å². The normalized spacial score (nSPS) is 13.7. The smallest absolute Gasteiger partial charge is 0.327 e. The first-order valence-corrected chi connectivity index (χ1v) is 10.6. The monoisotopic (exact) mass is 464 g/mol. The van der Waals surface area contributed by atoms with Gasteiger partial charge in [0, 0.05) is 22.8 Å². The number of aliphatic carboxylic acids is 2. The Hall–Kier alpha value is -2.08. The fourth-order valence-corrected chi connectivity index (χ4v) is 4.65. The third kappa shape index (κ3) is 9.16. The fourth-order valence-electron chi connectivity index (χ4n) is 2.43. The van der Waals surface area contributed by atoms with Gasteiger partial charge in [0.15, 0.2) is 10.2 Å². The molecule has 2 amide bonds. The molecule has 0 aromatic carbocycles. The molecule has 0 aliphatic carbocycles. The zero-order chi connectivity index (χ0) is 23.9. The predicted molar refractivity (Wildman–Crippen MR) is 113 cm³/mol. The van der Waals surface area contributed by atoms with Crippen molar-refractivity contribution in [3.63, 3.8) is 0 Å². The van der Waals surface area contributed by atoms with E-state index in [1.165, 1.54) is 27.7 Å². The average Bonchev–Trinajstić information content (AvgIpc) is 2.54. The first kappa shape index (κ1) is 27.9. The minimum atomic E-state index is -1.36. The van der Waals surface area contributed by atoms with E-state index in [2.05, 4.69) is 10.6 Å². The summed E-state index contributed by atoms with van der Waals surface area (Å²) < 4.78 is -2.48. The molecule has 4 N–H and O–H groups in total. The second kappa shape index (κ2) is 11.3. The summed E-state index contributed by atoms with van der Waals surface area (Å²) in [6.45, 7) is 8.53. The number of hydrogen-bond donors (Lipinski definition) is 4. The fraction of sp³-hybridized carbons (Fsp3) is 0.667. The maximum absolute atomic E-state index is 12.4. The highest BCUT2D eigenvalue weighted by molar-refractivity contribution is 8.16. The maximum atomic E-state index is 12.4. The molecule has 0 saturated carbocycles. The first-order chi connectivity index (χ1) is 13.5. The minimum absolute atomic E-state index is 0.0712. The number of nitrogens with one attached hydrogen (secondary N) is 2. The van der Waals surface area contributed by atoms with Gasteiger partial charge in [-0.2, -0.15) is 0 Å². The van der Waals surface area contributed by atoms with Crippen molar-refractivity contribution in [2.45, 2.75) is 76.0 Å². The Morgan fingerprint density at radius 3 is 1.47 bits per heavy atom. The van der Waals surface area contributed by atoms with Gasteiger partial charge in [-0.15, -0.1) is 0 Å². The van der Waals surface area contributed by atoms with E-state index >= 15 is 0 Å². The second-order valence-corrected chi connectivity index (χ2v) is 10.9. The van der Waals surface area contributed by atoms with Crippen LogP contribution in [0.2, 0.25) is 0 Å². The van der Waals surface area contributed by atoms with E-state index in [-0.39, 0.29) is 6.42 Å². The molecule has 2 unspecified atom stereocenters. The SMILES string of the molecule is CCC(=O)NC(C(=O)O)C(C)(C)SC(=O)CC(=O)SC(C)(C)C(NC(C)=O)C(=O)O. The van der Waals surface area contributed by atoms with E-state index in [0.29, 0.717) is 23.5 Å². The van der Waals surface area contributed by atoms with Gasteiger partial charge in [-0.25, -0.2) is 9.59 Å². The summed E-state index contributed by atoms with van der Waals surface area (Å²) in [6.07, 6.45) is -0.510. The van der Waals surface area contributed by atoms with Gasteiger partial charge in [-0.3, -0.25) is 19.2 Å². The molecule has 2 atom stereocenters. The first-order valence-electron chi connectivity index (χ1n) is 8.99. The topological polar surface area (TPSA) is 167 Å². The molecule has 0 aliphatic heterocycles. The summed E-state index contributed by atoms with van der Waals surface area (Å²) in [7, 11) is 0. The van der Waals surface area contributed by atoms with Crippen LogP contribution in [0.1, 0.15) is 54.4 Å². The van der Waals surface area contributed by atoms with E-state index in [1.807, 2.05) is 0 Å².